The monoisotopic (exact) mass is 298 g/mol. The number of amides is 1. The molecule has 0 N–H and O–H groups in total. The van der Waals surface area contributed by atoms with Crippen molar-refractivity contribution < 1.29 is 9.53 Å². The quantitative estimate of drug-likeness (QED) is 0.864. The van der Waals surface area contributed by atoms with Gasteiger partial charge in [0.05, 0.1) is 18.4 Å². The lowest BCUT2D eigenvalue weighted by molar-refractivity contribution is 0.0765. The third kappa shape index (κ3) is 3.21. The molecule has 0 aliphatic carbocycles. The molecule has 0 saturated carbocycles. The molecule has 1 fully saturated rings. The summed E-state index contributed by atoms with van der Waals surface area (Å²) in [7, 11) is 0. The molecule has 22 heavy (non-hydrogen) atoms. The number of carbonyl (C=O) groups is 1. The molecule has 1 atom stereocenters. The molecule has 0 radical (unpaired) electrons. The highest BCUT2D eigenvalue weighted by Crippen LogP contribution is 2.18. The molecule has 6 heteroatoms. The van der Waals surface area contributed by atoms with E-state index in [2.05, 4.69) is 15.0 Å². The Morgan fingerprint density at radius 3 is 2.73 bits per heavy atom. The number of hydrogen-bond donors (Lipinski definition) is 0. The van der Waals surface area contributed by atoms with Crippen molar-refractivity contribution in [2.75, 3.05) is 13.1 Å². The summed E-state index contributed by atoms with van der Waals surface area (Å²) in [6.45, 7) is 5.03. The van der Waals surface area contributed by atoms with Gasteiger partial charge in [0.15, 0.2) is 0 Å². The van der Waals surface area contributed by atoms with Crippen molar-refractivity contribution in [3.05, 3.63) is 47.7 Å². The fourth-order valence-electron chi connectivity index (χ4n) is 2.37. The van der Waals surface area contributed by atoms with E-state index >= 15 is 0 Å². The summed E-state index contributed by atoms with van der Waals surface area (Å²) in [5.74, 6) is 0.496. The molecule has 1 aliphatic heterocycles. The largest absolute Gasteiger partial charge is 0.472 e. The third-order valence-corrected chi connectivity index (χ3v) is 3.60. The SMILES string of the molecule is Cc1ccc(O[C@H]2CCN(C(=O)c3cnc(C)cn3)C2)nc1. The standard InChI is InChI=1S/C16H18N4O2/c1-11-3-4-15(19-7-11)22-13-5-6-20(10-13)16(21)14-9-17-12(2)8-18-14/h3-4,7-9,13H,5-6,10H2,1-2H3/t13-/m0/s1. The number of ether oxygens (including phenoxy) is 1. The first-order chi connectivity index (χ1) is 10.6. The van der Waals surface area contributed by atoms with Crippen LogP contribution in [0, 0.1) is 13.8 Å². The van der Waals surface area contributed by atoms with Crippen LogP contribution < -0.4 is 4.74 Å². The van der Waals surface area contributed by atoms with Crippen LogP contribution in [0.15, 0.2) is 30.7 Å². The first kappa shape index (κ1) is 14.4. The van der Waals surface area contributed by atoms with Crippen molar-refractivity contribution >= 4 is 5.91 Å². The van der Waals surface area contributed by atoms with Crippen LogP contribution in [0.5, 0.6) is 5.88 Å². The van der Waals surface area contributed by atoms with Gasteiger partial charge in [-0.25, -0.2) is 9.97 Å². The normalized spacial score (nSPS) is 17.5. The lowest BCUT2D eigenvalue weighted by atomic mass is 10.3. The zero-order valence-electron chi connectivity index (χ0n) is 12.7. The number of aromatic nitrogens is 3. The van der Waals surface area contributed by atoms with Crippen molar-refractivity contribution in [2.24, 2.45) is 0 Å². The summed E-state index contributed by atoms with van der Waals surface area (Å²) in [6, 6.07) is 3.81. The van der Waals surface area contributed by atoms with E-state index in [1.165, 1.54) is 6.20 Å². The van der Waals surface area contributed by atoms with Crippen LogP contribution in [0.2, 0.25) is 0 Å². The maximum Gasteiger partial charge on any atom is 0.274 e. The lowest BCUT2D eigenvalue weighted by Gasteiger charge is -2.16. The molecule has 3 heterocycles. The lowest BCUT2D eigenvalue weighted by Crippen LogP contribution is -2.31. The fraction of sp³-hybridized carbons (Fsp3) is 0.375. The second kappa shape index (κ2) is 6.09. The third-order valence-electron chi connectivity index (χ3n) is 3.60. The molecule has 0 bridgehead atoms. The first-order valence-corrected chi connectivity index (χ1v) is 7.29. The van der Waals surface area contributed by atoms with Crippen LogP contribution >= 0.6 is 0 Å². The molecule has 2 aromatic rings. The zero-order valence-corrected chi connectivity index (χ0v) is 12.7. The van der Waals surface area contributed by atoms with E-state index in [0.29, 0.717) is 24.7 Å². The van der Waals surface area contributed by atoms with Gasteiger partial charge in [-0.15, -0.1) is 0 Å². The van der Waals surface area contributed by atoms with Crippen molar-refractivity contribution in [1.29, 1.82) is 0 Å². The molecule has 3 rings (SSSR count). The summed E-state index contributed by atoms with van der Waals surface area (Å²) in [4.78, 5) is 26.6. The minimum atomic E-state index is -0.101. The van der Waals surface area contributed by atoms with E-state index in [1.807, 2.05) is 26.0 Å². The predicted molar refractivity (Wildman–Crippen MR) is 80.7 cm³/mol. The Kier molecular flexibility index (Phi) is 4.00. The molecule has 114 valence electrons. The summed E-state index contributed by atoms with van der Waals surface area (Å²) in [5.41, 5.74) is 2.26. The first-order valence-electron chi connectivity index (χ1n) is 7.29. The number of rotatable bonds is 3. The molecule has 0 aromatic carbocycles. The van der Waals surface area contributed by atoms with Crippen LogP contribution in [-0.2, 0) is 0 Å². The summed E-state index contributed by atoms with van der Waals surface area (Å²) < 4.78 is 5.82. The molecule has 6 nitrogen and oxygen atoms in total. The van der Waals surface area contributed by atoms with E-state index in [4.69, 9.17) is 4.74 Å². The van der Waals surface area contributed by atoms with E-state index in [9.17, 15) is 4.79 Å². The Labute approximate surface area is 129 Å². The van der Waals surface area contributed by atoms with Gasteiger partial charge in [-0.2, -0.15) is 0 Å². The van der Waals surface area contributed by atoms with Crippen LogP contribution in [0.3, 0.4) is 0 Å². The topological polar surface area (TPSA) is 68.2 Å². The second-order valence-corrected chi connectivity index (χ2v) is 5.50. The summed E-state index contributed by atoms with van der Waals surface area (Å²) >= 11 is 0. The molecular weight excluding hydrogens is 280 g/mol. The van der Waals surface area contributed by atoms with Crippen LogP contribution in [0.1, 0.15) is 28.2 Å². The van der Waals surface area contributed by atoms with Crippen molar-refractivity contribution in [3.63, 3.8) is 0 Å². The average molecular weight is 298 g/mol. The van der Waals surface area contributed by atoms with E-state index < -0.39 is 0 Å². The highest BCUT2D eigenvalue weighted by atomic mass is 16.5. The number of aryl methyl sites for hydroxylation is 2. The van der Waals surface area contributed by atoms with Gasteiger partial charge >= 0.3 is 0 Å². The Balaban J connectivity index is 1.61. The summed E-state index contributed by atoms with van der Waals surface area (Å²) in [6.07, 6.45) is 5.66. The molecule has 0 unspecified atom stereocenters. The van der Waals surface area contributed by atoms with Crippen LogP contribution in [-0.4, -0.2) is 45.0 Å². The maximum atomic E-state index is 12.4. The maximum absolute atomic E-state index is 12.4. The van der Waals surface area contributed by atoms with Gasteiger partial charge in [-0.1, -0.05) is 6.07 Å². The molecule has 2 aromatic heterocycles. The minimum Gasteiger partial charge on any atom is -0.472 e. The number of hydrogen-bond acceptors (Lipinski definition) is 5. The van der Waals surface area contributed by atoms with E-state index in [-0.39, 0.29) is 12.0 Å². The molecule has 0 spiro atoms. The van der Waals surface area contributed by atoms with Gasteiger partial charge in [-0.3, -0.25) is 9.78 Å². The van der Waals surface area contributed by atoms with Gasteiger partial charge < -0.3 is 9.64 Å². The summed E-state index contributed by atoms with van der Waals surface area (Å²) in [5, 5.41) is 0. The number of pyridine rings is 1. The number of carbonyl (C=O) groups excluding carboxylic acids is 1. The van der Waals surface area contributed by atoms with Gasteiger partial charge in [0, 0.05) is 31.4 Å². The molecule has 1 saturated heterocycles. The molecule has 1 aliphatic rings. The second-order valence-electron chi connectivity index (χ2n) is 5.50. The number of nitrogens with zero attached hydrogens (tertiary/aromatic N) is 4. The van der Waals surface area contributed by atoms with Crippen LogP contribution in [0.25, 0.3) is 0 Å². The number of likely N-dealkylation sites (tertiary alicyclic amines) is 1. The van der Waals surface area contributed by atoms with Gasteiger partial charge in [0.1, 0.15) is 11.8 Å². The van der Waals surface area contributed by atoms with Crippen molar-refractivity contribution in [2.45, 2.75) is 26.4 Å². The average Bonchev–Trinajstić information content (AvgIpc) is 2.98. The van der Waals surface area contributed by atoms with E-state index in [0.717, 1.165) is 17.7 Å². The highest BCUT2D eigenvalue weighted by molar-refractivity contribution is 5.92. The molecular formula is C16H18N4O2. The minimum absolute atomic E-state index is 0.0300. The predicted octanol–water partition coefficient (Wildman–Crippen LogP) is 1.78. The zero-order chi connectivity index (χ0) is 15.5. The van der Waals surface area contributed by atoms with Gasteiger partial charge in [-0.05, 0) is 19.4 Å². The Bertz CT molecular complexity index is 655. The molecule has 1 amide bonds. The smallest absolute Gasteiger partial charge is 0.274 e. The van der Waals surface area contributed by atoms with Crippen molar-refractivity contribution in [1.82, 2.24) is 19.9 Å². The van der Waals surface area contributed by atoms with E-state index in [1.54, 1.807) is 17.3 Å². The van der Waals surface area contributed by atoms with Crippen LogP contribution in [0.4, 0.5) is 0 Å². The highest BCUT2D eigenvalue weighted by Gasteiger charge is 2.29. The Hall–Kier alpha value is -2.50. The van der Waals surface area contributed by atoms with Gasteiger partial charge in [0.2, 0.25) is 5.88 Å². The van der Waals surface area contributed by atoms with Crippen molar-refractivity contribution in [3.8, 4) is 5.88 Å². The Morgan fingerprint density at radius 1 is 1.18 bits per heavy atom. The fourth-order valence-corrected chi connectivity index (χ4v) is 2.37. The van der Waals surface area contributed by atoms with Gasteiger partial charge in [0.25, 0.3) is 5.91 Å². The Morgan fingerprint density at radius 2 is 2.05 bits per heavy atom.